The first-order valence-electron chi connectivity index (χ1n) is 7.91. The molecule has 2 aromatic rings. The monoisotopic (exact) mass is 321 g/mol. The summed E-state index contributed by atoms with van der Waals surface area (Å²) in [6.45, 7) is 4.41. The highest BCUT2D eigenvalue weighted by molar-refractivity contribution is 6.07. The summed E-state index contributed by atoms with van der Waals surface area (Å²) in [5.41, 5.74) is 2.46. The number of benzene rings is 2. The van der Waals surface area contributed by atoms with E-state index in [1.165, 1.54) is 5.56 Å². The van der Waals surface area contributed by atoms with Crippen molar-refractivity contribution in [3.05, 3.63) is 71.4 Å². The van der Waals surface area contributed by atoms with Gasteiger partial charge in [-0.3, -0.25) is 0 Å². The highest BCUT2D eigenvalue weighted by Crippen LogP contribution is 2.19. The van der Waals surface area contributed by atoms with Crippen molar-refractivity contribution in [1.82, 2.24) is 0 Å². The number of carbonyl (C=O) groups excluding carboxylic acids is 1. The van der Waals surface area contributed by atoms with Crippen LogP contribution in [0.25, 0.3) is 6.08 Å². The number of carbonyl (C=O) groups is 1. The Kier molecular flexibility index (Phi) is 4.75. The highest BCUT2D eigenvalue weighted by atomic mass is 16.6. The molecule has 2 aromatic carbocycles. The zero-order valence-electron chi connectivity index (χ0n) is 13.7. The normalized spacial score (nSPS) is 15.5. The predicted molar refractivity (Wildman–Crippen MR) is 94.0 cm³/mol. The van der Waals surface area contributed by atoms with Crippen molar-refractivity contribution in [2.24, 2.45) is 4.99 Å². The van der Waals surface area contributed by atoms with Crippen LogP contribution in [0.1, 0.15) is 30.9 Å². The summed E-state index contributed by atoms with van der Waals surface area (Å²) in [4.78, 5) is 16.1. The van der Waals surface area contributed by atoms with Crippen molar-refractivity contribution in [3.8, 4) is 5.75 Å². The molecular weight excluding hydrogens is 302 g/mol. The lowest BCUT2D eigenvalue weighted by molar-refractivity contribution is -0.130. The van der Waals surface area contributed by atoms with Gasteiger partial charge in [0.15, 0.2) is 12.3 Å². The fourth-order valence-electron chi connectivity index (χ4n) is 2.31. The third kappa shape index (κ3) is 3.90. The van der Waals surface area contributed by atoms with Gasteiger partial charge in [-0.2, -0.15) is 0 Å². The zero-order valence-corrected chi connectivity index (χ0v) is 13.7. The van der Waals surface area contributed by atoms with Crippen LogP contribution >= 0.6 is 0 Å². The fraction of sp³-hybridized carbons (Fsp3) is 0.200. The maximum atomic E-state index is 11.9. The Morgan fingerprint density at radius 1 is 1.08 bits per heavy atom. The van der Waals surface area contributed by atoms with Crippen molar-refractivity contribution in [1.29, 1.82) is 0 Å². The van der Waals surface area contributed by atoms with Gasteiger partial charge in [0.05, 0.1) is 0 Å². The fourth-order valence-corrected chi connectivity index (χ4v) is 2.31. The topological polar surface area (TPSA) is 47.9 Å². The third-order valence-electron chi connectivity index (χ3n) is 3.68. The molecule has 0 N–H and O–H groups in total. The zero-order chi connectivity index (χ0) is 16.9. The molecule has 1 heterocycles. The number of hydrogen-bond acceptors (Lipinski definition) is 4. The lowest BCUT2D eigenvalue weighted by Crippen LogP contribution is -2.13. The maximum Gasteiger partial charge on any atom is 0.363 e. The van der Waals surface area contributed by atoms with Crippen LogP contribution < -0.4 is 4.74 Å². The molecule has 4 heteroatoms. The number of aliphatic imine (C=N–C) groups is 1. The molecule has 1 aliphatic heterocycles. The smallest absolute Gasteiger partial charge is 0.363 e. The molecular formula is C20H19NO3. The molecule has 0 atom stereocenters. The minimum atomic E-state index is -0.449. The molecule has 0 saturated heterocycles. The minimum Gasteiger partial charge on any atom is -0.484 e. The van der Waals surface area contributed by atoms with Crippen LogP contribution in [-0.4, -0.2) is 18.5 Å². The number of esters is 1. The van der Waals surface area contributed by atoms with Crippen LogP contribution in [0, 0.1) is 0 Å². The molecule has 1 aliphatic rings. The number of rotatable bonds is 5. The molecule has 3 rings (SSSR count). The van der Waals surface area contributed by atoms with Crippen LogP contribution in [0.2, 0.25) is 0 Å². The van der Waals surface area contributed by atoms with Gasteiger partial charge in [0.2, 0.25) is 5.90 Å². The lowest BCUT2D eigenvalue weighted by atomic mass is 10.0. The van der Waals surface area contributed by atoms with Crippen LogP contribution in [-0.2, 0) is 9.53 Å². The number of cyclic esters (lactones) is 1. The Labute approximate surface area is 141 Å². The number of hydrogen-bond donors (Lipinski definition) is 0. The standard InChI is InChI=1S/C20H19NO3/c1-14(2)16-10-8-15(9-11-16)12-18-20(22)24-19(21-18)13-23-17-6-4-3-5-7-17/h3-12,14H,13H2,1-2H3/b18-12+. The number of nitrogens with zero attached hydrogens (tertiary/aromatic N) is 1. The molecule has 0 unspecified atom stereocenters. The quantitative estimate of drug-likeness (QED) is 0.613. The molecule has 24 heavy (non-hydrogen) atoms. The highest BCUT2D eigenvalue weighted by Gasteiger charge is 2.23. The van der Waals surface area contributed by atoms with Crippen LogP contribution in [0.5, 0.6) is 5.75 Å². The van der Waals surface area contributed by atoms with Gasteiger partial charge in [-0.25, -0.2) is 9.79 Å². The van der Waals surface area contributed by atoms with Gasteiger partial charge in [0, 0.05) is 0 Å². The van der Waals surface area contributed by atoms with E-state index in [0.29, 0.717) is 17.4 Å². The second-order valence-corrected chi connectivity index (χ2v) is 5.85. The molecule has 0 aliphatic carbocycles. The number of ether oxygens (including phenoxy) is 2. The molecule has 0 aromatic heterocycles. The van der Waals surface area contributed by atoms with Gasteiger partial charge in [0.1, 0.15) is 5.75 Å². The van der Waals surface area contributed by atoms with Crippen LogP contribution in [0.15, 0.2) is 65.3 Å². The van der Waals surface area contributed by atoms with E-state index < -0.39 is 5.97 Å². The average Bonchev–Trinajstić information content (AvgIpc) is 2.94. The van der Waals surface area contributed by atoms with Gasteiger partial charge in [0.25, 0.3) is 0 Å². The second-order valence-electron chi connectivity index (χ2n) is 5.85. The number of para-hydroxylation sites is 1. The predicted octanol–water partition coefficient (Wildman–Crippen LogP) is 4.19. The Balaban J connectivity index is 1.69. The first kappa shape index (κ1) is 16.0. The third-order valence-corrected chi connectivity index (χ3v) is 3.68. The summed E-state index contributed by atoms with van der Waals surface area (Å²) in [5, 5.41) is 0. The Morgan fingerprint density at radius 2 is 1.79 bits per heavy atom. The minimum absolute atomic E-state index is 0.124. The molecule has 0 saturated carbocycles. The summed E-state index contributed by atoms with van der Waals surface area (Å²) >= 11 is 0. The summed E-state index contributed by atoms with van der Waals surface area (Å²) in [5.74, 6) is 1.00. The van der Waals surface area contributed by atoms with Crippen molar-refractivity contribution in [3.63, 3.8) is 0 Å². The first-order valence-corrected chi connectivity index (χ1v) is 7.91. The molecule has 4 nitrogen and oxygen atoms in total. The van der Waals surface area contributed by atoms with E-state index in [-0.39, 0.29) is 12.5 Å². The molecule has 0 fully saturated rings. The first-order chi connectivity index (χ1) is 11.6. The van der Waals surface area contributed by atoms with Crippen molar-refractivity contribution in [2.75, 3.05) is 6.61 Å². The van der Waals surface area contributed by atoms with Gasteiger partial charge < -0.3 is 9.47 Å². The van der Waals surface area contributed by atoms with Crippen LogP contribution in [0.3, 0.4) is 0 Å². The molecule has 122 valence electrons. The summed E-state index contributed by atoms with van der Waals surface area (Å²) in [6.07, 6.45) is 1.72. The lowest BCUT2D eigenvalue weighted by Gasteiger charge is -2.04. The van der Waals surface area contributed by atoms with E-state index in [1.807, 2.05) is 42.5 Å². The molecule has 0 radical (unpaired) electrons. The Hall–Kier alpha value is -2.88. The van der Waals surface area contributed by atoms with E-state index in [4.69, 9.17) is 9.47 Å². The van der Waals surface area contributed by atoms with Gasteiger partial charge in [-0.1, -0.05) is 56.3 Å². The van der Waals surface area contributed by atoms with Crippen molar-refractivity contribution in [2.45, 2.75) is 19.8 Å². The Bertz CT molecular complexity index is 774. The Morgan fingerprint density at radius 3 is 2.46 bits per heavy atom. The van der Waals surface area contributed by atoms with E-state index in [9.17, 15) is 4.79 Å². The van der Waals surface area contributed by atoms with Gasteiger partial charge in [-0.05, 0) is 35.3 Å². The SMILES string of the molecule is CC(C)c1ccc(/C=C2/N=C(COc3ccccc3)OC2=O)cc1. The maximum absolute atomic E-state index is 11.9. The second kappa shape index (κ2) is 7.13. The van der Waals surface area contributed by atoms with E-state index >= 15 is 0 Å². The van der Waals surface area contributed by atoms with Gasteiger partial charge >= 0.3 is 5.97 Å². The molecule has 0 bridgehead atoms. The van der Waals surface area contributed by atoms with E-state index in [1.54, 1.807) is 6.08 Å². The van der Waals surface area contributed by atoms with E-state index in [2.05, 4.69) is 31.0 Å². The summed E-state index contributed by atoms with van der Waals surface area (Å²) in [6, 6.07) is 17.4. The average molecular weight is 321 g/mol. The molecule has 0 amide bonds. The summed E-state index contributed by atoms with van der Waals surface area (Å²) in [7, 11) is 0. The van der Waals surface area contributed by atoms with E-state index in [0.717, 1.165) is 5.56 Å². The van der Waals surface area contributed by atoms with Gasteiger partial charge in [-0.15, -0.1) is 0 Å². The molecule has 0 spiro atoms. The summed E-state index contributed by atoms with van der Waals surface area (Å²) < 4.78 is 10.7. The van der Waals surface area contributed by atoms with Crippen molar-refractivity contribution < 1.29 is 14.3 Å². The van der Waals surface area contributed by atoms with Crippen molar-refractivity contribution >= 4 is 17.9 Å². The van der Waals surface area contributed by atoms with Crippen LogP contribution in [0.4, 0.5) is 0 Å². The largest absolute Gasteiger partial charge is 0.484 e.